The van der Waals surface area contributed by atoms with Crippen molar-refractivity contribution in [2.45, 2.75) is 12.5 Å². The third-order valence-corrected chi connectivity index (χ3v) is 4.45. The molecule has 1 saturated heterocycles. The Morgan fingerprint density at radius 2 is 1.77 bits per heavy atom. The van der Waals surface area contributed by atoms with E-state index in [-0.39, 0.29) is 18.2 Å². The number of hydrogen-bond acceptors (Lipinski definition) is 3. The van der Waals surface area contributed by atoms with E-state index in [2.05, 4.69) is 21.2 Å². The summed E-state index contributed by atoms with van der Waals surface area (Å²) in [5.74, 6) is -0.559. The summed E-state index contributed by atoms with van der Waals surface area (Å²) in [6.07, 6.45) is 0.103. The molecule has 0 radical (unpaired) electrons. The number of benzene rings is 2. The van der Waals surface area contributed by atoms with Crippen molar-refractivity contribution in [1.82, 2.24) is 0 Å². The molecular formula is C16H12BrClN2O2. The Morgan fingerprint density at radius 1 is 1.09 bits per heavy atom. The normalized spacial score (nSPS) is 17.9. The molecule has 0 unspecified atom stereocenters. The Bertz CT molecular complexity index is 750. The highest BCUT2D eigenvalue weighted by Gasteiger charge is 2.40. The van der Waals surface area contributed by atoms with E-state index in [1.165, 1.54) is 0 Å². The smallest absolute Gasteiger partial charge is 0.256 e. The van der Waals surface area contributed by atoms with Crippen LogP contribution in [0.4, 0.5) is 11.4 Å². The van der Waals surface area contributed by atoms with Crippen molar-refractivity contribution in [3.05, 3.63) is 58.0 Å². The first kappa shape index (κ1) is 15.1. The van der Waals surface area contributed by atoms with Gasteiger partial charge in [-0.3, -0.25) is 9.59 Å². The average Bonchev–Trinajstić information content (AvgIpc) is 2.77. The molecule has 4 nitrogen and oxygen atoms in total. The van der Waals surface area contributed by atoms with E-state index in [0.29, 0.717) is 10.7 Å². The molecule has 0 bridgehead atoms. The van der Waals surface area contributed by atoms with E-state index in [1.807, 2.05) is 24.3 Å². The highest BCUT2D eigenvalue weighted by atomic mass is 79.9. The van der Waals surface area contributed by atoms with Crippen molar-refractivity contribution in [3.8, 4) is 0 Å². The quantitative estimate of drug-likeness (QED) is 0.824. The molecule has 1 atom stereocenters. The van der Waals surface area contributed by atoms with Crippen molar-refractivity contribution in [3.63, 3.8) is 0 Å². The fraction of sp³-hybridized carbons (Fsp3) is 0.125. The zero-order valence-corrected chi connectivity index (χ0v) is 13.8. The summed E-state index contributed by atoms with van der Waals surface area (Å²) >= 11 is 9.51. The van der Waals surface area contributed by atoms with Crippen LogP contribution in [-0.2, 0) is 9.59 Å². The standard InChI is InChI=1S/C16H12BrClN2O2/c17-10-5-1-3-7-12(10)19-13-9-15(21)20(16(13)22)14-8-4-2-6-11(14)18/h1-8,13,19H,9H2/t13-/m0/s1. The lowest BCUT2D eigenvalue weighted by Gasteiger charge is -2.17. The number of nitrogens with zero attached hydrogens (tertiary/aromatic N) is 1. The van der Waals surface area contributed by atoms with Gasteiger partial charge in [0.15, 0.2) is 0 Å². The molecule has 112 valence electrons. The van der Waals surface area contributed by atoms with Gasteiger partial charge in [-0.05, 0) is 40.2 Å². The van der Waals surface area contributed by atoms with Gasteiger partial charge in [0.2, 0.25) is 5.91 Å². The van der Waals surface area contributed by atoms with E-state index < -0.39 is 6.04 Å². The third-order valence-electron chi connectivity index (χ3n) is 3.44. The summed E-state index contributed by atoms with van der Waals surface area (Å²) in [6, 6.07) is 13.7. The Kier molecular flexibility index (Phi) is 4.18. The molecule has 2 amide bonds. The third kappa shape index (κ3) is 2.74. The van der Waals surface area contributed by atoms with Gasteiger partial charge in [0.25, 0.3) is 5.91 Å². The van der Waals surface area contributed by atoms with Crippen LogP contribution in [0.2, 0.25) is 5.02 Å². The van der Waals surface area contributed by atoms with Crippen LogP contribution in [0, 0.1) is 0 Å². The van der Waals surface area contributed by atoms with Crippen molar-refractivity contribution in [2.75, 3.05) is 10.2 Å². The summed E-state index contributed by atoms with van der Waals surface area (Å²) in [5, 5.41) is 3.49. The molecule has 1 heterocycles. The molecule has 1 aliphatic rings. The minimum atomic E-state index is -0.595. The first-order valence-electron chi connectivity index (χ1n) is 6.70. The van der Waals surface area contributed by atoms with Crippen LogP contribution < -0.4 is 10.2 Å². The zero-order valence-electron chi connectivity index (χ0n) is 11.4. The Morgan fingerprint density at radius 3 is 2.50 bits per heavy atom. The highest BCUT2D eigenvalue weighted by molar-refractivity contribution is 9.10. The maximum absolute atomic E-state index is 12.6. The number of para-hydroxylation sites is 2. The Balaban J connectivity index is 1.86. The van der Waals surface area contributed by atoms with Crippen LogP contribution in [0.3, 0.4) is 0 Å². The molecule has 0 spiro atoms. The molecule has 0 saturated carbocycles. The Hall–Kier alpha value is -1.85. The average molecular weight is 380 g/mol. The maximum Gasteiger partial charge on any atom is 0.256 e. The van der Waals surface area contributed by atoms with Gasteiger partial charge in [0, 0.05) is 10.2 Å². The predicted molar refractivity (Wildman–Crippen MR) is 90.1 cm³/mol. The molecule has 6 heteroatoms. The largest absolute Gasteiger partial charge is 0.372 e. The van der Waals surface area contributed by atoms with E-state index in [9.17, 15) is 9.59 Å². The first-order chi connectivity index (χ1) is 10.6. The molecule has 3 rings (SSSR count). The van der Waals surface area contributed by atoms with Crippen LogP contribution in [-0.4, -0.2) is 17.9 Å². The van der Waals surface area contributed by atoms with Gasteiger partial charge in [-0.1, -0.05) is 35.9 Å². The van der Waals surface area contributed by atoms with Crippen molar-refractivity contribution >= 4 is 50.7 Å². The number of carbonyl (C=O) groups is 2. The highest BCUT2D eigenvalue weighted by Crippen LogP contribution is 2.31. The molecule has 22 heavy (non-hydrogen) atoms. The molecule has 1 fully saturated rings. The van der Waals surface area contributed by atoms with Gasteiger partial charge < -0.3 is 5.32 Å². The molecule has 0 aliphatic carbocycles. The van der Waals surface area contributed by atoms with Gasteiger partial charge in [0.05, 0.1) is 17.1 Å². The van der Waals surface area contributed by atoms with Crippen LogP contribution in [0.5, 0.6) is 0 Å². The van der Waals surface area contributed by atoms with Crippen molar-refractivity contribution < 1.29 is 9.59 Å². The molecule has 1 aliphatic heterocycles. The van der Waals surface area contributed by atoms with E-state index in [4.69, 9.17) is 11.6 Å². The fourth-order valence-corrected chi connectivity index (χ4v) is 3.02. The molecule has 1 N–H and O–H groups in total. The van der Waals surface area contributed by atoms with E-state index in [0.717, 1.165) is 15.1 Å². The van der Waals surface area contributed by atoms with Gasteiger partial charge in [-0.2, -0.15) is 0 Å². The lowest BCUT2D eigenvalue weighted by molar-refractivity contribution is -0.121. The van der Waals surface area contributed by atoms with Crippen molar-refractivity contribution in [1.29, 1.82) is 0 Å². The van der Waals surface area contributed by atoms with Crippen LogP contribution in [0.25, 0.3) is 0 Å². The van der Waals surface area contributed by atoms with Gasteiger partial charge in [-0.25, -0.2) is 4.90 Å². The number of carbonyl (C=O) groups excluding carboxylic acids is 2. The van der Waals surface area contributed by atoms with E-state index in [1.54, 1.807) is 24.3 Å². The topological polar surface area (TPSA) is 49.4 Å². The molecule has 0 aromatic heterocycles. The minimum Gasteiger partial charge on any atom is -0.372 e. The second kappa shape index (κ2) is 6.10. The number of imide groups is 1. The van der Waals surface area contributed by atoms with Crippen LogP contribution in [0.15, 0.2) is 53.0 Å². The maximum atomic E-state index is 12.6. The molecular weight excluding hydrogens is 368 g/mol. The zero-order chi connectivity index (χ0) is 15.7. The fourth-order valence-electron chi connectivity index (χ4n) is 2.40. The summed E-state index contributed by atoms with van der Waals surface area (Å²) < 4.78 is 0.839. The minimum absolute atomic E-state index is 0.103. The Labute approximate surface area is 141 Å². The predicted octanol–water partition coefficient (Wildman–Crippen LogP) is 3.85. The van der Waals surface area contributed by atoms with Crippen LogP contribution >= 0.6 is 27.5 Å². The number of nitrogens with one attached hydrogen (secondary N) is 1. The van der Waals surface area contributed by atoms with Gasteiger partial charge in [0.1, 0.15) is 6.04 Å². The second-order valence-electron chi connectivity index (χ2n) is 4.90. The number of rotatable bonds is 3. The summed E-state index contributed by atoms with van der Waals surface area (Å²) in [4.78, 5) is 25.9. The second-order valence-corrected chi connectivity index (χ2v) is 6.16. The summed E-state index contributed by atoms with van der Waals surface area (Å²) in [7, 11) is 0. The molecule has 2 aromatic carbocycles. The van der Waals surface area contributed by atoms with Crippen molar-refractivity contribution in [2.24, 2.45) is 0 Å². The SMILES string of the molecule is O=C1C[C@H](Nc2ccccc2Br)C(=O)N1c1ccccc1Cl. The van der Waals surface area contributed by atoms with Gasteiger partial charge >= 0.3 is 0 Å². The summed E-state index contributed by atoms with van der Waals surface area (Å²) in [6.45, 7) is 0. The number of anilines is 2. The lowest BCUT2D eigenvalue weighted by atomic mass is 10.2. The van der Waals surface area contributed by atoms with Crippen LogP contribution in [0.1, 0.15) is 6.42 Å². The molecule has 2 aromatic rings. The summed E-state index contributed by atoms with van der Waals surface area (Å²) in [5.41, 5.74) is 1.20. The van der Waals surface area contributed by atoms with Gasteiger partial charge in [-0.15, -0.1) is 0 Å². The monoisotopic (exact) mass is 378 g/mol. The first-order valence-corrected chi connectivity index (χ1v) is 7.87. The number of hydrogen-bond donors (Lipinski definition) is 1. The number of halogens is 2. The lowest BCUT2D eigenvalue weighted by Crippen LogP contribution is -2.35. The number of amides is 2. The van der Waals surface area contributed by atoms with E-state index >= 15 is 0 Å².